The van der Waals surface area contributed by atoms with E-state index in [4.69, 9.17) is 28.5 Å². The average molecular weight is 652 g/mol. The van der Waals surface area contributed by atoms with Gasteiger partial charge in [0, 0.05) is 24.8 Å². The average Bonchev–Trinajstić information content (AvgIpc) is 3.64. The number of hydrogen-bond acceptors (Lipinski definition) is 8. The van der Waals surface area contributed by atoms with Crippen LogP contribution in [0.2, 0.25) is 18.1 Å². The first kappa shape index (κ1) is 33.8. The lowest BCUT2D eigenvalue weighted by Crippen LogP contribution is -2.43. The minimum Gasteiger partial charge on any atom is -0.543 e. The van der Waals surface area contributed by atoms with E-state index in [0.717, 1.165) is 64.5 Å². The molecule has 0 saturated carbocycles. The molecule has 0 amide bonds. The van der Waals surface area contributed by atoms with Crippen LogP contribution in [0.4, 0.5) is 0 Å². The maximum atomic E-state index is 6.68. The van der Waals surface area contributed by atoms with Crippen molar-refractivity contribution in [1.82, 2.24) is 14.8 Å². The van der Waals surface area contributed by atoms with E-state index in [1.54, 1.807) is 11.3 Å². The molecular formula is C35H49N3O5SSi. The Labute approximate surface area is 273 Å². The molecule has 5 rings (SSSR count). The van der Waals surface area contributed by atoms with Crippen LogP contribution >= 0.6 is 11.3 Å². The van der Waals surface area contributed by atoms with Gasteiger partial charge in [0.05, 0.1) is 42.9 Å². The number of hydrogen-bond donors (Lipinski definition) is 0. The number of fused-ring (bicyclic) bond motifs is 1. The Kier molecular flexibility index (Phi) is 11.5. The zero-order valence-electron chi connectivity index (χ0n) is 27.7. The standard InChI is InChI=1S/C35H49N3O5SSi/c1-26(42-24-27-12-8-7-9-13-27)17-19-39-20-21-40-25-32-36-23-31(44-32)34-29-22-28(43-45(5,6)35(2,3)4)15-16-30(29)38(37-34)33-14-10-11-18-41-33/h7-9,12-13,15-16,22-23,26,33H,10-11,14,17-21,24-25H2,1-6H3. The second kappa shape index (κ2) is 15.3. The third-order valence-corrected chi connectivity index (χ3v) is 14.1. The van der Waals surface area contributed by atoms with Crippen LogP contribution in [0.3, 0.4) is 0 Å². The third-order valence-electron chi connectivity index (χ3n) is 8.72. The minimum atomic E-state index is -2.00. The molecule has 244 valence electrons. The molecule has 1 aliphatic rings. The van der Waals surface area contributed by atoms with Gasteiger partial charge in [0.15, 0.2) is 6.23 Å². The van der Waals surface area contributed by atoms with Crippen molar-refractivity contribution in [3.63, 3.8) is 0 Å². The molecule has 0 N–H and O–H groups in total. The first-order valence-electron chi connectivity index (χ1n) is 16.2. The summed E-state index contributed by atoms with van der Waals surface area (Å²) >= 11 is 1.62. The summed E-state index contributed by atoms with van der Waals surface area (Å²) in [4.78, 5) is 5.68. The maximum Gasteiger partial charge on any atom is 0.250 e. The summed E-state index contributed by atoms with van der Waals surface area (Å²) in [6.07, 6.45) is 6.03. The van der Waals surface area contributed by atoms with Gasteiger partial charge in [-0.15, -0.1) is 11.3 Å². The zero-order chi connectivity index (χ0) is 31.9. The summed E-state index contributed by atoms with van der Waals surface area (Å²) in [5.41, 5.74) is 3.15. The highest BCUT2D eigenvalue weighted by atomic mass is 32.1. The first-order chi connectivity index (χ1) is 21.6. The summed E-state index contributed by atoms with van der Waals surface area (Å²) in [6, 6.07) is 16.6. The second-order valence-corrected chi connectivity index (χ2v) is 19.2. The number of ether oxygens (including phenoxy) is 4. The lowest BCUT2D eigenvalue weighted by atomic mass is 10.1. The number of rotatable bonds is 15. The van der Waals surface area contributed by atoms with Crippen molar-refractivity contribution in [2.45, 2.75) is 97.1 Å². The Hall–Kier alpha value is -2.60. The molecule has 0 bridgehead atoms. The first-order valence-corrected chi connectivity index (χ1v) is 19.9. The van der Waals surface area contributed by atoms with Gasteiger partial charge in [0.25, 0.3) is 0 Å². The van der Waals surface area contributed by atoms with Gasteiger partial charge in [-0.3, -0.25) is 0 Å². The van der Waals surface area contributed by atoms with Gasteiger partial charge >= 0.3 is 0 Å². The van der Waals surface area contributed by atoms with E-state index in [2.05, 4.69) is 80.8 Å². The van der Waals surface area contributed by atoms with Crippen LogP contribution in [0.5, 0.6) is 5.75 Å². The maximum absolute atomic E-state index is 6.68. The van der Waals surface area contributed by atoms with Gasteiger partial charge in [-0.1, -0.05) is 51.1 Å². The number of aromatic nitrogens is 3. The molecule has 2 unspecified atom stereocenters. The van der Waals surface area contributed by atoms with Crippen molar-refractivity contribution in [2.75, 3.05) is 26.4 Å². The van der Waals surface area contributed by atoms with Crippen molar-refractivity contribution in [2.24, 2.45) is 0 Å². The summed E-state index contributed by atoms with van der Waals surface area (Å²) < 4.78 is 32.5. The van der Waals surface area contributed by atoms with Gasteiger partial charge < -0.3 is 23.4 Å². The topological polar surface area (TPSA) is 76.9 Å². The van der Waals surface area contributed by atoms with E-state index >= 15 is 0 Å². The highest BCUT2D eigenvalue weighted by molar-refractivity contribution is 7.15. The minimum absolute atomic E-state index is 0.0590. The van der Waals surface area contributed by atoms with Gasteiger partial charge in [-0.25, -0.2) is 9.67 Å². The van der Waals surface area contributed by atoms with E-state index in [9.17, 15) is 0 Å². The Balaban J connectivity index is 1.17. The molecule has 3 heterocycles. The lowest BCUT2D eigenvalue weighted by Gasteiger charge is -2.36. The number of nitrogens with zero attached hydrogens (tertiary/aromatic N) is 3. The van der Waals surface area contributed by atoms with E-state index in [-0.39, 0.29) is 17.4 Å². The van der Waals surface area contributed by atoms with Gasteiger partial charge in [-0.05, 0) is 74.5 Å². The molecular weight excluding hydrogens is 603 g/mol. The molecule has 0 spiro atoms. The SMILES string of the molecule is CC(CCOCCOCc1ncc(-c2nn(C3CCCCO3)c3ccc(O[Si](C)(C)C(C)(C)C)cc23)s1)OCc1ccccc1. The molecule has 1 aliphatic heterocycles. The Morgan fingerprint density at radius 1 is 1.02 bits per heavy atom. The summed E-state index contributed by atoms with van der Waals surface area (Å²) in [7, 11) is -2.00. The van der Waals surface area contributed by atoms with Crippen molar-refractivity contribution in [3.8, 4) is 16.3 Å². The molecule has 1 fully saturated rings. The molecule has 8 nitrogen and oxygen atoms in total. The smallest absolute Gasteiger partial charge is 0.250 e. The normalized spacial score (nSPS) is 16.7. The fourth-order valence-electron chi connectivity index (χ4n) is 4.96. The Morgan fingerprint density at radius 2 is 1.82 bits per heavy atom. The highest BCUT2D eigenvalue weighted by Crippen LogP contribution is 2.40. The number of thiazole rings is 1. The van der Waals surface area contributed by atoms with Crippen LogP contribution in [-0.2, 0) is 32.2 Å². The predicted molar refractivity (Wildman–Crippen MR) is 183 cm³/mol. The van der Waals surface area contributed by atoms with E-state index < -0.39 is 8.32 Å². The molecule has 0 radical (unpaired) electrons. The molecule has 4 aromatic rings. The van der Waals surface area contributed by atoms with Crippen molar-refractivity contribution >= 4 is 30.6 Å². The van der Waals surface area contributed by atoms with Crippen LogP contribution in [-0.4, -0.2) is 55.6 Å². The Morgan fingerprint density at radius 3 is 2.58 bits per heavy atom. The largest absolute Gasteiger partial charge is 0.543 e. The molecule has 1 saturated heterocycles. The van der Waals surface area contributed by atoms with Crippen LogP contribution in [0.15, 0.2) is 54.7 Å². The van der Waals surface area contributed by atoms with Crippen LogP contribution in [0, 0.1) is 0 Å². The van der Waals surface area contributed by atoms with E-state index in [0.29, 0.717) is 33.0 Å². The zero-order valence-corrected chi connectivity index (χ0v) is 29.5. The van der Waals surface area contributed by atoms with Crippen molar-refractivity contribution in [1.29, 1.82) is 0 Å². The second-order valence-electron chi connectivity index (χ2n) is 13.3. The van der Waals surface area contributed by atoms with E-state index in [1.807, 2.05) is 24.4 Å². The van der Waals surface area contributed by atoms with Gasteiger partial charge in [-0.2, -0.15) is 5.10 Å². The van der Waals surface area contributed by atoms with Crippen molar-refractivity contribution in [3.05, 3.63) is 65.3 Å². The van der Waals surface area contributed by atoms with Crippen molar-refractivity contribution < 1.29 is 23.4 Å². The third kappa shape index (κ3) is 9.02. The van der Waals surface area contributed by atoms with Crippen LogP contribution in [0.1, 0.15) is 70.2 Å². The molecule has 2 aromatic heterocycles. The molecule has 10 heteroatoms. The van der Waals surface area contributed by atoms with Crippen LogP contribution in [0.25, 0.3) is 21.5 Å². The monoisotopic (exact) mass is 651 g/mol. The molecule has 2 atom stereocenters. The fraction of sp³-hybridized carbons (Fsp3) is 0.543. The van der Waals surface area contributed by atoms with Crippen LogP contribution < -0.4 is 4.43 Å². The van der Waals surface area contributed by atoms with E-state index in [1.165, 1.54) is 5.56 Å². The molecule has 2 aromatic carbocycles. The fourth-order valence-corrected chi connectivity index (χ4v) is 6.84. The lowest BCUT2D eigenvalue weighted by molar-refractivity contribution is -0.0365. The highest BCUT2D eigenvalue weighted by Gasteiger charge is 2.39. The summed E-state index contributed by atoms with van der Waals surface area (Å²) in [6.45, 7) is 16.9. The summed E-state index contributed by atoms with van der Waals surface area (Å²) in [5.74, 6) is 0.893. The predicted octanol–water partition coefficient (Wildman–Crippen LogP) is 8.77. The van der Waals surface area contributed by atoms with Gasteiger partial charge in [0.1, 0.15) is 16.5 Å². The van der Waals surface area contributed by atoms with Gasteiger partial charge in [0.2, 0.25) is 8.32 Å². The molecule has 45 heavy (non-hydrogen) atoms. The quantitative estimate of drug-likeness (QED) is 0.0939. The molecule has 0 aliphatic carbocycles. The summed E-state index contributed by atoms with van der Waals surface area (Å²) in [5, 5.41) is 7.19. The Bertz CT molecular complexity index is 1490. The number of benzene rings is 2.